The van der Waals surface area contributed by atoms with Crippen molar-refractivity contribution in [3.8, 4) is 0 Å². The summed E-state index contributed by atoms with van der Waals surface area (Å²) in [5.41, 5.74) is 1.94. The molecule has 0 aromatic heterocycles. The molecular weight excluding hydrogens is 216 g/mol. The van der Waals surface area contributed by atoms with Gasteiger partial charge in [0.25, 0.3) is 0 Å². The molecule has 0 radical (unpaired) electrons. The van der Waals surface area contributed by atoms with Gasteiger partial charge in [0.15, 0.2) is 0 Å². The molecule has 0 N–H and O–H groups in total. The number of rotatable bonds is 3. The molecule has 18 heavy (non-hydrogen) atoms. The van der Waals surface area contributed by atoms with E-state index in [1.54, 1.807) is 32.1 Å². The van der Waals surface area contributed by atoms with Crippen molar-refractivity contribution in [3.63, 3.8) is 0 Å². The predicted molar refractivity (Wildman–Crippen MR) is 73.8 cm³/mol. The Labute approximate surface area is 111 Å². The molecule has 0 atom stereocenters. The Bertz CT molecular complexity index is 341. The van der Waals surface area contributed by atoms with Gasteiger partial charge in [-0.25, -0.2) is 0 Å². The van der Waals surface area contributed by atoms with Gasteiger partial charge in [-0.3, -0.25) is 0 Å². The lowest BCUT2D eigenvalue weighted by Gasteiger charge is -2.48. The molecule has 0 unspecified atom stereocenters. The standard InChI is InChI=1S/C18H25/c1-2-13(1)17(14-3-4-14)10-18-15-6-11-5-12(8-15)9-16(18)7-11/h10-16H,1-9H2/q+1. The second kappa shape index (κ2) is 3.58. The first-order valence-electron chi connectivity index (χ1n) is 8.45. The fourth-order valence-corrected chi connectivity index (χ4v) is 5.56. The highest BCUT2D eigenvalue weighted by atomic mass is 14.5. The van der Waals surface area contributed by atoms with Gasteiger partial charge < -0.3 is 0 Å². The Balaban J connectivity index is 1.44. The second-order valence-electron chi connectivity index (χ2n) is 8.00. The first kappa shape index (κ1) is 10.4. The summed E-state index contributed by atoms with van der Waals surface area (Å²) in [6, 6.07) is 0. The SMILES string of the molecule is C(=C1C2CC3CC(C2)CC1C3)[C+](C1CC1)C1CC1. The average molecular weight is 241 g/mol. The van der Waals surface area contributed by atoms with Crippen molar-refractivity contribution in [2.45, 2.75) is 57.8 Å². The molecule has 0 heteroatoms. The van der Waals surface area contributed by atoms with Gasteiger partial charge in [0.05, 0.1) is 17.6 Å². The van der Waals surface area contributed by atoms with Gasteiger partial charge >= 0.3 is 0 Å². The van der Waals surface area contributed by atoms with Crippen LogP contribution in [-0.2, 0) is 0 Å². The molecule has 0 heterocycles. The Morgan fingerprint density at radius 2 is 1.22 bits per heavy atom. The van der Waals surface area contributed by atoms with Crippen molar-refractivity contribution in [1.29, 1.82) is 0 Å². The molecule has 6 aliphatic rings. The molecule has 6 rings (SSSR count). The fourth-order valence-electron chi connectivity index (χ4n) is 5.56. The molecule has 6 aliphatic carbocycles. The number of hydrogen-bond acceptors (Lipinski definition) is 0. The highest BCUT2D eigenvalue weighted by molar-refractivity contribution is 5.32. The summed E-state index contributed by atoms with van der Waals surface area (Å²) in [6.07, 6.45) is 16.6. The quantitative estimate of drug-likeness (QED) is 0.625. The summed E-state index contributed by atoms with van der Waals surface area (Å²) in [6.45, 7) is 0. The Kier molecular flexibility index (Phi) is 2.07. The van der Waals surface area contributed by atoms with Crippen molar-refractivity contribution < 1.29 is 0 Å². The van der Waals surface area contributed by atoms with Gasteiger partial charge in [-0.2, -0.15) is 0 Å². The normalized spacial score (nSPS) is 45.4. The van der Waals surface area contributed by atoms with E-state index >= 15 is 0 Å². The maximum Gasteiger partial charge on any atom is 0.0962 e. The minimum absolute atomic E-state index is 1.02. The van der Waals surface area contributed by atoms with Crippen LogP contribution < -0.4 is 0 Å². The van der Waals surface area contributed by atoms with Gasteiger partial charge in [0.1, 0.15) is 0 Å². The molecule has 0 aromatic rings. The summed E-state index contributed by atoms with van der Waals surface area (Å²) in [5.74, 6) is 8.26. The summed E-state index contributed by atoms with van der Waals surface area (Å²) < 4.78 is 0. The molecule has 0 spiro atoms. The van der Waals surface area contributed by atoms with E-state index in [1.165, 1.54) is 25.7 Å². The maximum atomic E-state index is 2.78. The van der Waals surface area contributed by atoms with Crippen LogP contribution in [0.25, 0.3) is 0 Å². The largest absolute Gasteiger partial charge is 0.0962 e. The Morgan fingerprint density at radius 1 is 0.722 bits per heavy atom. The topological polar surface area (TPSA) is 0 Å². The molecule has 0 aliphatic heterocycles. The molecule has 0 aromatic carbocycles. The zero-order valence-electron chi connectivity index (χ0n) is 11.4. The minimum atomic E-state index is 1.02. The van der Waals surface area contributed by atoms with E-state index in [0.717, 1.165) is 35.5 Å². The van der Waals surface area contributed by atoms with Gasteiger partial charge in [0, 0.05) is 23.7 Å². The van der Waals surface area contributed by atoms with E-state index in [9.17, 15) is 0 Å². The third-order valence-corrected chi connectivity index (χ3v) is 6.51. The van der Waals surface area contributed by atoms with Crippen molar-refractivity contribution in [2.24, 2.45) is 35.5 Å². The molecule has 6 saturated carbocycles. The van der Waals surface area contributed by atoms with Gasteiger partial charge in [0.2, 0.25) is 0 Å². The molecule has 0 saturated heterocycles. The predicted octanol–water partition coefficient (Wildman–Crippen LogP) is 4.76. The Hall–Kier alpha value is -0.390. The number of allylic oxidation sites excluding steroid dienone is 2. The van der Waals surface area contributed by atoms with Crippen LogP contribution in [0.15, 0.2) is 11.6 Å². The zero-order valence-corrected chi connectivity index (χ0v) is 11.4. The van der Waals surface area contributed by atoms with Gasteiger partial charge in [-0.05, 0) is 69.6 Å². The van der Waals surface area contributed by atoms with Crippen LogP contribution in [0.4, 0.5) is 0 Å². The maximum absolute atomic E-state index is 2.78. The lowest BCUT2D eigenvalue weighted by Crippen LogP contribution is -2.40. The van der Waals surface area contributed by atoms with Crippen molar-refractivity contribution >= 4 is 0 Å². The summed E-state index contributed by atoms with van der Waals surface area (Å²) in [7, 11) is 0. The minimum Gasteiger partial charge on any atom is -0.0472 e. The fraction of sp³-hybridized carbons (Fsp3) is 0.833. The van der Waals surface area contributed by atoms with Crippen LogP contribution in [0.5, 0.6) is 0 Å². The highest BCUT2D eigenvalue weighted by Gasteiger charge is 2.52. The molecule has 6 fully saturated rings. The van der Waals surface area contributed by atoms with Crippen LogP contribution in [0.2, 0.25) is 0 Å². The Morgan fingerprint density at radius 3 is 1.67 bits per heavy atom. The molecule has 0 nitrogen and oxygen atoms in total. The van der Waals surface area contributed by atoms with Gasteiger partial charge in [-0.15, -0.1) is 0 Å². The van der Waals surface area contributed by atoms with E-state index < -0.39 is 0 Å². The second-order valence-corrected chi connectivity index (χ2v) is 8.00. The summed E-state index contributed by atoms with van der Waals surface area (Å²) in [4.78, 5) is 0. The molecule has 0 amide bonds. The van der Waals surface area contributed by atoms with Crippen LogP contribution in [0.1, 0.15) is 57.8 Å². The van der Waals surface area contributed by atoms with Crippen molar-refractivity contribution in [3.05, 3.63) is 17.6 Å². The molecular formula is C18H25+. The summed E-state index contributed by atoms with van der Waals surface area (Å²) >= 11 is 0. The van der Waals surface area contributed by atoms with Crippen LogP contribution in [-0.4, -0.2) is 0 Å². The van der Waals surface area contributed by atoms with Gasteiger partial charge in [-0.1, -0.05) is 0 Å². The van der Waals surface area contributed by atoms with Crippen LogP contribution >= 0.6 is 0 Å². The van der Waals surface area contributed by atoms with Crippen LogP contribution in [0.3, 0.4) is 0 Å². The van der Waals surface area contributed by atoms with E-state index in [0.29, 0.717) is 0 Å². The number of hydrogen-bond donors (Lipinski definition) is 0. The monoisotopic (exact) mass is 241 g/mol. The highest BCUT2D eigenvalue weighted by Crippen LogP contribution is 2.58. The molecule has 96 valence electrons. The van der Waals surface area contributed by atoms with Crippen molar-refractivity contribution in [2.75, 3.05) is 0 Å². The lowest BCUT2D eigenvalue weighted by atomic mass is 9.54. The van der Waals surface area contributed by atoms with E-state index in [1.807, 2.05) is 11.5 Å². The first-order valence-corrected chi connectivity index (χ1v) is 8.45. The van der Waals surface area contributed by atoms with Crippen molar-refractivity contribution in [1.82, 2.24) is 0 Å². The molecule has 4 bridgehead atoms. The average Bonchev–Trinajstić information content (AvgIpc) is 3.22. The lowest BCUT2D eigenvalue weighted by molar-refractivity contribution is 0.0693. The third kappa shape index (κ3) is 1.60. The van der Waals surface area contributed by atoms with E-state index in [-0.39, 0.29) is 0 Å². The van der Waals surface area contributed by atoms with Crippen LogP contribution in [0, 0.1) is 41.4 Å². The smallest absolute Gasteiger partial charge is 0.0472 e. The third-order valence-electron chi connectivity index (χ3n) is 6.51. The first-order chi connectivity index (χ1) is 8.87. The van der Waals surface area contributed by atoms with E-state index in [2.05, 4.69) is 6.08 Å². The summed E-state index contributed by atoms with van der Waals surface area (Å²) in [5, 5.41) is 0. The van der Waals surface area contributed by atoms with E-state index in [4.69, 9.17) is 0 Å². The zero-order chi connectivity index (χ0) is 11.7.